The first-order valence-electron chi connectivity index (χ1n) is 4.46. The molecule has 1 unspecified atom stereocenters. The smallest absolute Gasteiger partial charge is 0.120 e. The van der Waals surface area contributed by atoms with E-state index in [0.717, 1.165) is 11.3 Å². The van der Waals surface area contributed by atoms with Crippen LogP contribution in [-0.4, -0.2) is 34.6 Å². The number of phenols is 1. The molecule has 14 heavy (non-hydrogen) atoms. The fraction of sp³-hybridized carbons (Fsp3) is 0.400. The fourth-order valence-electron chi connectivity index (χ4n) is 1.02. The maximum atomic E-state index is 9.37. The number of nitrogens with one attached hydrogen (secondary N) is 1. The molecule has 0 aliphatic carbocycles. The molecule has 0 aromatic heterocycles. The van der Waals surface area contributed by atoms with E-state index in [1.807, 2.05) is 6.92 Å². The molecule has 1 rings (SSSR count). The van der Waals surface area contributed by atoms with Gasteiger partial charge in [0.25, 0.3) is 0 Å². The summed E-state index contributed by atoms with van der Waals surface area (Å²) in [5.74, 6) is 0.216. The molecular formula is C10H15NO3. The maximum Gasteiger partial charge on any atom is 0.120 e. The first-order valence-corrected chi connectivity index (χ1v) is 4.46. The lowest BCUT2D eigenvalue weighted by Crippen LogP contribution is -2.22. The first kappa shape index (κ1) is 10.8. The van der Waals surface area contributed by atoms with Gasteiger partial charge in [0.1, 0.15) is 5.75 Å². The third kappa shape index (κ3) is 2.90. The number of rotatable bonds is 4. The standard InChI is InChI=1S/C10H15NO3/c1-7-2-3-8(4-10(7)14)11-5-9(13)6-12/h2-4,9,11-14H,5-6H2,1H3. The molecule has 4 nitrogen and oxygen atoms in total. The van der Waals surface area contributed by atoms with Crippen LogP contribution in [0.25, 0.3) is 0 Å². The number of aromatic hydroxyl groups is 1. The van der Waals surface area contributed by atoms with E-state index < -0.39 is 6.10 Å². The molecule has 0 radical (unpaired) electrons. The predicted octanol–water partition coefficient (Wildman–Crippen LogP) is 0.466. The molecule has 0 heterocycles. The zero-order valence-electron chi connectivity index (χ0n) is 8.07. The molecule has 0 spiro atoms. The quantitative estimate of drug-likeness (QED) is 0.566. The van der Waals surface area contributed by atoms with Gasteiger partial charge in [-0.15, -0.1) is 0 Å². The highest BCUT2D eigenvalue weighted by Gasteiger charge is 2.02. The summed E-state index contributed by atoms with van der Waals surface area (Å²) >= 11 is 0. The lowest BCUT2D eigenvalue weighted by molar-refractivity contribution is 0.105. The minimum Gasteiger partial charge on any atom is -0.508 e. The van der Waals surface area contributed by atoms with Gasteiger partial charge in [-0.25, -0.2) is 0 Å². The average molecular weight is 197 g/mol. The van der Waals surface area contributed by atoms with Crippen molar-refractivity contribution in [2.45, 2.75) is 13.0 Å². The van der Waals surface area contributed by atoms with E-state index in [1.165, 1.54) is 0 Å². The Morgan fingerprint density at radius 3 is 2.71 bits per heavy atom. The Morgan fingerprint density at radius 2 is 2.14 bits per heavy atom. The monoisotopic (exact) mass is 197 g/mol. The fourth-order valence-corrected chi connectivity index (χ4v) is 1.02. The largest absolute Gasteiger partial charge is 0.508 e. The number of aliphatic hydroxyl groups is 2. The van der Waals surface area contributed by atoms with Crippen molar-refractivity contribution in [2.75, 3.05) is 18.5 Å². The Bertz CT molecular complexity index is 301. The van der Waals surface area contributed by atoms with Crippen LogP contribution in [0.1, 0.15) is 5.56 Å². The number of benzene rings is 1. The molecule has 1 atom stereocenters. The third-order valence-corrected chi connectivity index (χ3v) is 1.96. The molecule has 4 N–H and O–H groups in total. The molecule has 1 aromatic carbocycles. The molecule has 0 amide bonds. The van der Waals surface area contributed by atoms with Gasteiger partial charge in [0, 0.05) is 18.3 Å². The van der Waals surface area contributed by atoms with Crippen molar-refractivity contribution in [1.29, 1.82) is 0 Å². The molecule has 1 aromatic rings. The SMILES string of the molecule is Cc1ccc(NCC(O)CO)cc1O. The highest BCUT2D eigenvalue weighted by atomic mass is 16.3. The Balaban J connectivity index is 2.55. The Hall–Kier alpha value is -1.26. The summed E-state index contributed by atoms with van der Waals surface area (Å²) in [5.41, 5.74) is 1.53. The van der Waals surface area contributed by atoms with Crippen LogP contribution in [0.15, 0.2) is 18.2 Å². The molecule has 0 fully saturated rings. The lowest BCUT2D eigenvalue weighted by Gasteiger charge is -2.10. The molecule has 78 valence electrons. The van der Waals surface area contributed by atoms with Gasteiger partial charge in [-0.3, -0.25) is 0 Å². The Kier molecular flexibility index (Phi) is 3.73. The normalized spacial score (nSPS) is 12.5. The number of anilines is 1. The van der Waals surface area contributed by atoms with Crippen LogP contribution in [0.2, 0.25) is 0 Å². The van der Waals surface area contributed by atoms with Crippen molar-refractivity contribution in [3.05, 3.63) is 23.8 Å². The summed E-state index contributed by atoms with van der Waals surface area (Å²) in [4.78, 5) is 0. The summed E-state index contributed by atoms with van der Waals surface area (Å²) in [7, 11) is 0. The van der Waals surface area contributed by atoms with Crippen molar-refractivity contribution in [3.8, 4) is 5.75 Å². The minimum atomic E-state index is -0.779. The van der Waals surface area contributed by atoms with Crippen molar-refractivity contribution >= 4 is 5.69 Å². The average Bonchev–Trinajstić information content (AvgIpc) is 2.19. The van der Waals surface area contributed by atoms with Gasteiger partial charge in [0.05, 0.1) is 12.7 Å². The highest BCUT2D eigenvalue weighted by Crippen LogP contribution is 2.20. The second-order valence-electron chi connectivity index (χ2n) is 3.22. The van der Waals surface area contributed by atoms with Gasteiger partial charge >= 0.3 is 0 Å². The zero-order valence-corrected chi connectivity index (χ0v) is 8.07. The van der Waals surface area contributed by atoms with Crippen LogP contribution in [0, 0.1) is 6.92 Å². The predicted molar refractivity (Wildman–Crippen MR) is 54.4 cm³/mol. The van der Waals surface area contributed by atoms with Crippen LogP contribution in [0.3, 0.4) is 0 Å². The molecule has 0 saturated carbocycles. The van der Waals surface area contributed by atoms with Gasteiger partial charge in [-0.2, -0.15) is 0 Å². The van der Waals surface area contributed by atoms with Crippen LogP contribution >= 0.6 is 0 Å². The molecule has 4 heteroatoms. The van der Waals surface area contributed by atoms with E-state index in [1.54, 1.807) is 18.2 Å². The summed E-state index contributed by atoms with van der Waals surface area (Å²) in [6.07, 6.45) is -0.779. The van der Waals surface area contributed by atoms with Gasteiger partial charge in [-0.05, 0) is 18.6 Å². The minimum absolute atomic E-state index is 0.216. The van der Waals surface area contributed by atoms with Gasteiger partial charge in [0.15, 0.2) is 0 Å². The zero-order chi connectivity index (χ0) is 10.6. The van der Waals surface area contributed by atoms with Gasteiger partial charge in [-0.1, -0.05) is 6.07 Å². The number of phenolic OH excluding ortho intramolecular Hbond substituents is 1. The molecule has 0 aliphatic rings. The van der Waals surface area contributed by atoms with E-state index in [-0.39, 0.29) is 18.9 Å². The van der Waals surface area contributed by atoms with Crippen molar-refractivity contribution < 1.29 is 15.3 Å². The number of aryl methyl sites for hydroxylation is 1. The summed E-state index contributed by atoms with van der Waals surface area (Å²) in [6, 6.07) is 5.17. The molecule has 0 bridgehead atoms. The topological polar surface area (TPSA) is 72.7 Å². The second-order valence-corrected chi connectivity index (χ2v) is 3.22. The van der Waals surface area contributed by atoms with Crippen LogP contribution in [0.5, 0.6) is 5.75 Å². The van der Waals surface area contributed by atoms with E-state index in [2.05, 4.69) is 5.32 Å². The number of hydrogen-bond donors (Lipinski definition) is 4. The third-order valence-electron chi connectivity index (χ3n) is 1.96. The van der Waals surface area contributed by atoms with Gasteiger partial charge in [0.2, 0.25) is 0 Å². The van der Waals surface area contributed by atoms with Gasteiger partial charge < -0.3 is 20.6 Å². The lowest BCUT2D eigenvalue weighted by atomic mass is 10.2. The van der Waals surface area contributed by atoms with Crippen molar-refractivity contribution in [2.24, 2.45) is 0 Å². The maximum absolute atomic E-state index is 9.37. The number of hydrogen-bond acceptors (Lipinski definition) is 4. The summed E-state index contributed by atoms with van der Waals surface area (Å²) in [5, 5.41) is 29.9. The van der Waals surface area contributed by atoms with E-state index >= 15 is 0 Å². The second kappa shape index (κ2) is 4.83. The summed E-state index contributed by atoms with van der Waals surface area (Å²) in [6.45, 7) is 1.80. The van der Waals surface area contributed by atoms with E-state index in [0.29, 0.717) is 0 Å². The van der Waals surface area contributed by atoms with Crippen LogP contribution < -0.4 is 5.32 Å². The van der Waals surface area contributed by atoms with Crippen LogP contribution in [-0.2, 0) is 0 Å². The van der Waals surface area contributed by atoms with Crippen molar-refractivity contribution in [1.82, 2.24) is 0 Å². The van der Waals surface area contributed by atoms with E-state index in [4.69, 9.17) is 10.2 Å². The van der Waals surface area contributed by atoms with Crippen molar-refractivity contribution in [3.63, 3.8) is 0 Å². The Labute approximate surface area is 82.8 Å². The van der Waals surface area contributed by atoms with Crippen LogP contribution in [0.4, 0.5) is 5.69 Å². The molecular weight excluding hydrogens is 182 g/mol. The summed E-state index contributed by atoms with van der Waals surface area (Å²) < 4.78 is 0. The Morgan fingerprint density at radius 1 is 1.43 bits per heavy atom. The number of aliphatic hydroxyl groups excluding tert-OH is 2. The molecule has 0 aliphatic heterocycles. The first-order chi connectivity index (χ1) is 6.63. The van der Waals surface area contributed by atoms with E-state index in [9.17, 15) is 5.11 Å². The molecule has 0 saturated heterocycles. The highest BCUT2D eigenvalue weighted by molar-refractivity contribution is 5.50.